The van der Waals surface area contributed by atoms with E-state index in [1.165, 1.54) is 12.1 Å². The van der Waals surface area contributed by atoms with Crippen LogP contribution in [0, 0.1) is 11.7 Å². The van der Waals surface area contributed by atoms with E-state index in [1.807, 2.05) is 6.07 Å². The minimum absolute atomic E-state index is 0. The summed E-state index contributed by atoms with van der Waals surface area (Å²) in [5.74, 6) is -0.157. The van der Waals surface area contributed by atoms with Crippen LogP contribution in [0.2, 0.25) is 0 Å². The van der Waals surface area contributed by atoms with Crippen molar-refractivity contribution in [2.75, 3.05) is 31.1 Å². The quantitative estimate of drug-likeness (QED) is 0.869. The molecule has 0 aliphatic carbocycles. The fraction of sp³-hybridized carbons (Fsp3) is 0.562. The monoisotopic (exact) mass is 376 g/mol. The Bertz CT molecular complexity index is 698. The number of amides is 1. The standard InChI is InChI=1S/C16H21FN2O3S.ClH/c17-14-3-1-2-13(9-14)15-10-18-5-6-19(15)16(20)8-12-4-7-23(21,22)11-12;/h1-3,9,12,15,18H,4-8,10-11H2;1H. The van der Waals surface area contributed by atoms with Crippen LogP contribution in [0.4, 0.5) is 4.39 Å². The lowest BCUT2D eigenvalue weighted by molar-refractivity contribution is -0.135. The molecule has 0 spiro atoms. The summed E-state index contributed by atoms with van der Waals surface area (Å²) in [6.45, 7) is 1.83. The van der Waals surface area contributed by atoms with Crippen molar-refractivity contribution in [1.29, 1.82) is 0 Å². The zero-order valence-corrected chi connectivity index (χ0v) is 14.9. The van der Waals surface area contributed by atoms with Gasteiger partial charge >= 0.3 is 0 Å². The Balaban J connectivity index is 0.00000208. The zero-order valence-electron chi connectivity index (χ0n) is 13.3. The highest BCUT2D eigenvalue weighted by atomic mass is 35.5. The van der Waals surface area contributed by atoms with Gasteiger partial charge in [-0.05, 0) is 30.0 Å². The molecule has 0 radical (unpaired) electrons. The second kappa shape index (κ2) is 7.80. The van der Waals surface area contributed by atoms with Crippen molar-refractivity contribution >= 4 is 28.2 Å². The minimum Gasteiger partial charge on any atom is -0.333 e. The van der Waals surface area contributed by atoms with Crippen LogP contribution in [-0.4, -0.2) is 50.4 Å². The lowest BCUT2D eigenvalue weighted by Crippen LogP contribution is -2.49. The summed E-state index contributed by atoms with van der Waals surface area (Å²) in [4.78, 5) is 14.4. The molecule has 0 aromatic heterocycles. The molecule has 2 heterocycles. The number of hydrogen-bond donors (Lipinski definition) is 1. The fourth-order valence-corrected chi connectivity index (χ4v) is 5.27. The van der Waals surface area contributed by atoms with Gasteiger partial charge in [0.1, 0.15) is 5.82 Å². The highest BCUT2D eigenvalue weighted by Gasteiger charge is 2.33. The number of sulfone groups is 1. The predicted octanol–water partition coefficient (Wildman–Crippen LogP) is 1.55. The molecule has 1 amide bonds. The minimum atomic E-state index is -2.98. The number of carbonyl (C=O) groups is 1. The Morgan fingerprint density at radius 3 is 2.83 bits per heavy atom. The van der Waals surface area contributed by atoms with Crippen LogP contribution in [0.25, 0.3) is 0 Å². The normalized spacial score (nSPS) is 26.0. The molecule has 5 nitrogen and oxygen atoms in total. The van der Waals surface area contributed by atoms with Gasteiger partial charge in [0, 0.05) is 26.1 Å². The van der Waals surface area contributed by atoms with Crippen LogP contribution in [0.5, 0.6) is 0 Å². The molecular formula is C16H22ClFN2O3S. The molecule has 24 heavy (non-hydrogen) atoms. The maximum Gasteiger partial charge on any atom is 0.223 e. The van der Waals surface area contributed by atoms with E-state index in [2.05, 4.69) is 5.32 Å². The molecule has 0 saturated carbocycles. The van der Waals surface area contributed by atoms with Gasteiger partial charge in [-0.1, -0.05) is 12.1 Å². The Labute approximate surface area is 147 Å². The number of piperazine rings is 1. The molecule has 2 aliphatic heterocycles. The maximum absolute atomic E-state index is 13.5. The molecule has 2 atom stereocenters. The van der Waals surface area contributed by atoms with Crippen molar-refractivity contribution in [1.82, 2.24) is 10.2 Å². The molecular weight excluding hydrogens is 355 g/mol. The molecule has 2 unspecified atom stereocenters. The highest BCUT2D eigenvalue weighted by molar-refractivity contribution is 7.91. The molecule has 1 N–H and O–H groups in total. The van der Waals surface area contributed by atoms with E-state index in [4.69, 9.17) is 0 Å². The van der Waals surface area contributed by atoms with Crippen LogP contribution < -0.4 is 5.32 Å². The molecule has 2 fully saturated rings. The van der Waals surface area contributed by atoms with Gasteiger partial charge in [0.15, 0.2) is 9.84 Å². The molecule has 8 heteroatoms. The molecule has 1 aromatic carbocycles. The largest absolute Gasteiger partial charge is 0.333 e. The summed E-state index contributed by atoms with van der Waals surface area (Å²) in [7, 11) is -2.98. The first-order valence-corrected chi connectivity index (χ1v) is 9.73. The molecule has 0 bridgehead atoms. The number of rotatable bonds is 3. The SMILES string of the molecule is Cl.O=C(CC1CCS(=O)(=O)C1)N1CCNCC1c1cccc(F)c1. The van der Waals surface area contributed by atoms with Crippen molar-refractivity contribution in [2.45, 2.75) is 18.9 Å². The highest BCUT2D eigenvalue weighted by Crippen LogP contribution is 2.27. The molecule has 3 rings (SSSR count). The van der Waals surface area contributed by atoms with E-state index in [-0.39, 0.29) is 54.0 Å². The number of carbonyl (C=O) groups excluding carboxylic acids is 1. The maximum atomic E-state index is 13.5. The van der Waals surface area contributed by atoms with Gasteiger partial charge in [0.2, 0.25) is 5.91 Å². The molecule has 134 valence electrons. The number of nitrogens with zero attached hydrogens (tertiary/aromatic N) is 1. The summed E-state index contributed by atoms with van der Waals surface area (Å²) < 4.78 is 36.6. The van der Waals surface area contributed by atoms with Crippen molar-refractivity contribution in [3.8, 4) is 0 Å². The van der Waals surface area contributed by atoms with Gasteiger partial charge in [-0.15, -0.1) is 12.4 Å². The van der Waals surface area contributed by atoms with Crippen molar-refractivity contribution < 1.29 is 17.6 Å². The average Bonchev–Trinajstić information content (AvgIpc) is 2.86. The van der Waals surface area contributed by atoms with Gasteiger partial charge in [-0.25, -0.2) is 12.8 Å². The Hall–Kier alpha value is -1.18. The van der Waals surface area contributed by atoms with E-state index in [0.29, 0.717) is 26.1 Å². The zero-order chi connectivity index (χ0) is 16.4. The number of hydrogen-bond acceptors (Lipinski definition) is 4. The number of nitrogens with one attached hydrogen (secondary N) is 1. The fourth-order valence-electron chi connectivity index (χ4n) is 3.41. The first-order valence-electron chi connectivity index (χ1n) is 7.91. The van der Waals surface area contributed by atoms with Crippen LogP contribution >= 0.6 is 12.4 Å². The third kappa shape index (κ3) is 4.46. The van der Waals surface area contributed by atoms with E-state index >= 15 is 0 Å². The molecule has 2 saturated heterocycles. The van der Waals surface area contributed by atoms with Gasteiger partial charge in [0.25, 0.3) is 0 Å². The Kier molecular flexibility index (Phi) is 6.22. The smallest absolute Gasteiger partial charge is 0.223 e. The van der Waals surface area contributed by atoms with Crippen molar-refractivity contribution in [3.05, 3.63) is 35.6 Å². The lowest BCUT2D eigenvalue weighted by atomic mass is 9.99. The molecule has 2 aliphatic rings. The number of benzene rings is 1. The number of halogens is 2. The second-order valence-corrected chi connectivity index (χ2v) is 8.56. The second-order valence-electron chi connectivity index (χ2n) is 6.34. The summed E-state index contributed by atoms with van der Waals surface area (Å²) in [5.41, 5.74) is 0.768. The van der Waals surface area contributed by atoms with Crippen molar-refractivity contribution in [3.63, 3.8) is 0 Å². The van der Waals surface area contributed by atoms with Crippen LogP contribution in [-0.2, 0) is 14.6 Å². The van der Waals surface area contributed by atoms with E-state index in [1.54, 1.807) is 11.0 Å². The summed E-state index contributed by atoms with van der Waals surface area (Å²) in [6.07, 6.45) is 0.815. The first kappa shape index (κ1) is 19.1. The van der Waals surface area contributed by atoms with Crippen molar-refractivity contribution in [2.24, 2.45) is 5.92 Å². The van der Waals surface area contributed by atoms with Crippen LogP contribution in [0.1, 0.15) is 24.4 Å². The molecule has 1 aromatic rings. The van der Waals surface area contributed by atoms with Crippen LogP contribution in [0.3, 0.4) is 0 Å². The topological polar surface area (TPSA) is 66.5 Å². The van der Waals surface area contributed by atoms with Gasteiger partial charge in [0.05, 0.1) is 17.5 Å². The Morgan fingerprint density at radius 1 is 1.38 bits per heavy atom. The lowest BCUT2D eigenvalue weighted by Gasteiger charge is -2.37. The van der Waals surface area contributed by atoms with E-state index < -0.39 is 9.84 Å². The first-order chi connectivity index (χ1) is 10.9. The van der Waals surface area contributed by atoms with Gasteiger partial charge in [-0.2, -0.15) is 0 Å². The third-order valence-corrected chi connectivity index (χ3v) is 6.42. The Morgan fingerprint density at radius 2 is 2.17 bits per heavy atom. The van der Waals surface area contributed by atoms with Gasteiger partial charge in [-0.3, -0.25) is 4.79 Å². The summed E-state index contributed by atoms with van der Waals surface area (Å²) >= 11 is 0. The average molecular weight is 377 g/mol. The van der Waals surface area contributed by atoms with Gasteiger partial charge < -0.3 is 10.2 Å². The summed E-state index contributed by atoms with van der Waals surface area (Å²) in [6, 6.07) is 6.10. The van der Waals surface area contributed by atoms with Crippen LogP contribution in [0.15, 0.2) is 24.3 Å². The third-order valence-electron chi connectivity index (χ3n) is 4.59. The predicted molar refractivity (Wildman–Crippen MR) is 92.3 cm³/mol. The van der Waals surface area contributed by atoms with E-state index in [9.17, 15) is 17.6 Å². The van der Waals surface area contributed by atoms with E-state index in [0.717, 1.165) is 5.56 Å². The summed E-state index contributed by atoms with van der Waals surface area (Å²) in [5, 5.41) is 3.23.